The molecule has 0 radical (unpaired) electrons. The zero-order chi connectivity index (χ0) is 14.7. The molecule has 0 spiro atoms. The molecule has 20 heavy (non-hydrogen) atoms. The Hall–Kier alpha value is -1.55. The number of carbonyl (C=O) groups is 2. The van der Waals surface area contributed by atoms with Crippen LogP contribution in [0, 0.1) is 5.92 Å². The van der Waals surface area contributed by atoms with Crippen LogP contribution in [0.15, 0.2) is 24.3 Å². The van der Waals surface area contributed by atoms with E-state index in [9.17, 15) is 9.59 Å². The van der Waals surface area contributed by atoms with E-state index in [2.05, 4.69) is 5.32 Å². The third-order valence-corrected chi connectivity index (χ3v) is 3.71. The molecule has 1 saturated heterocycles. The fraction of sp³-hybridized carbons (Fsp3) is 0.467. The second-order valence-electron chi connectivity index (χ2n) is 5.39. The molecule has 2 amide bonds. The Balaban J connectivity index is 2.11. The normalized spacial score (nSPS) is 18.2. The van der Waals surface area contributed by atoms with E-state index < -0.39 is 0 Å². The van der Waals surface area contributed by atoms with Crippen molar-refractivity contribution in [3.05, 3.63) is 34.9 Å². The van der Waals surface area contributed by atoms with Gasteiger partial charge in [-0.1, -0.05) is 23.7 Å². The summed E-state index contributed by atoms with van der Waals surface area (Å²) in [5.41, 5.74) is 0.997. The van der Waals surface area contributed by atoms with E-state index in [-0.39, 0.29) is 30.2 Å². The number of carbonyl (C=O) groups excluding carboxylic acids is 2. The Morgan fingerprint density at radius 1 is 1.50 bits per heavy atom. The van der Waals surface area contributed by atoms with Crippen molar-refractivity contribution in [2.45, 2.75) is 32.9 Å². The third-order valence-electron chi connectivity index (χ3n) is 3.48. The molecule has 1 fully saturated rings. The number of nitrogens with one attached hydrogen (secondary N) is 1. The number of hydrogen-bond donors (Lipinski definition) is 1. The summed E-state index contributed by atoms with van der Waals surface area (Å²) in [4.78, 5) is 25.6. The van der Waals surface area contributed by atoms with Crippen LogP contribution in [0.5, 0.6) is 0 Å². The lowest BCUT2D eigenvalue weighted by atomic mass is 10.1. The van der Waals surface area contributed by atoms with Crippen molar-refractivity contribution in [3.8, 4) is 0 Å². The first kappa shape index (κ1) is 14.9. The van der Waals surface area contributed by atoms with Gasteiger partial charge in [-0.3, -0.25) is 9.59 Å². The van der Waals surface area contributed by atoms with Crippen molar-refractivity contribution in [1.29, 1.82) is 0 Å². The highest BCUT2D eigenvalue weighted by molar-refractivity contribution is 6.30. The lowest BCUT2D eigenvalue weighted by molar-refractivity contribution is -0.138. The van der Waals surface area contributed by atoms with E-state index in [1.807, 2.05) is 38.1 Å². The van der Waals surface area contributed by atoms with Crippen LogP contribution in [0.4, 0.5) is 0 Å². The van der Waals surface area contributed by atoms with Gasteiger partial charge in [-0.05, 0) is 31.5 Å². The lowest BCUT2D eigenvalue weighted by Gasteiger charge is -2.29. The molecule has 0 aliphatic carbocycles. The number of nitrogens with zero attached hydrogens (tertiary/aromatic N) is 1. The Kier molecular flexibility index (Phi) is 4.65. The summed E-state index contributed by atoms with van der Waals surface area (Å²) in [5, 5.41) is 3.37. The molecule has 5 heteroatoms. The molecule has 0 aromatic heterocycles. The van der Waals surface area contributed by atoms with Crippen LogP contribution in [0.25, 0.3) is 0 Å². The van der Waals surface area contributed by atoms with E-state index in [0.29, 0.717) is 18.1 Å². The fourth-order valence-corrected chi connectivity index (χ4v) is 2.57. The first-order valence-electron chi connectivity index (χ1n) is 6.79. The molecular formula is C15H19ClN2O2. The van der Waals surface area contributed by atoms with E-state index in [4.69, 9.17) is 11.6 Å². The van der Waals surface area contributed by atoms with E-state index in [1.54, 1.807) is 4.90 Å². The molecule has 4 nitrogen and oxygen atoms in total. The number of benzene rings is 1. The predicted octanol–water partition coefficient (Wildman–Crippen LogP) is 2.21. The second-order valence-corrected chi connectivity index (χ2v) is 5.83. The highest BCUT2D eigenvalue weighted by Gasteiger charge is 2.32. The van der Waals surface area contributed by atoms with Gasteiger partial charge in [0.05, 0.1) is 5.92 Å². The van der Waals surface area contributed by atoms with Crippen LogP contribution < -0.4 is 5.32 Å². The lowest BCUT2D eigenvalue weighted by Crippen LogP contribution is -2.41. The highest BCUT2D eigenvalue weighted by atomic mass is 35.5. The summed E-state index contributed by atoms with van der Waals surface area (Å²) in [5.74, 6) is -0.266. The average molecular weight is 295 g/mol. The largest absolute Gasteiger partial charge is 0.355 e. The number of rotatable bonds is 4. The summed E-state index contributed by atoms with van der Waals surface area (Å²) in [7, 11) is 0. The minimum absolute atomic E-state index is 0.0262. The molecule has 1 N–H and O–H groups in total. The minimum Gasteiger partial charge on any atom is -0.355 e. The molecule has 1 aromatic carbocycles. The maximum atomic E-state index is 12.5. The molecule has 1 aromatic rings. The Bertz CT molecular complexity index is 516. The van der Waals surface area contributed by atoms with Crippen LogP contribution in [-0.4, -0.2) is 29.3 Å². The molecule has 0 bridgehead atoms. The predicted molar refractivity (Wildman–Crippen MR) is 78.3 cm³/mol. The fourth-order valence-electron chi connectivity index (χ4n) is 2.36. The van der Waals surface area contributed by atoms with Crippen LogP contribution in [-0.2, 0) is 16.1 Å². The Morgan fingerprint density at radius 3 is 2.80 bits per heavy atom. The van der Waals surface area contributed by atoms with Gasteiger partial charge in [0.2, 0.25) is 11.8 Å². The zero-order valence-corrected chi connectivity index (χ0v) is 12.5. The Morgan fingerprint density at radius 2 is 2.25 bits per heavy atom. The first-order valence-corrected chi connectivity index (χ1v) is 7.17. The number of halogens is 1. The molecule has 1 atom stereocenters. The minimum atomic E-state index is -0.246. The topological polar surface area (TPSA) is 49.4 Å². The van der Waals surface area contributed by atoms with Gasteiger partial charge in [0, 0.05) is 30.6 Å². The smallest absolute Gasteiger partial charge is 0.228 e. The van der Waals surface area contributed by atoms with Gasteiger partial charge in [0.15, 0.2) is 0 Å². The van der Waals surface area contributed by atoms with Crippen molar-refractivity contribution in [1.82, 2.24) is 10.2 Å². The van der Waals surface area contributed by atoms with E-state index in [0.717, 1.165) is 5.56 Å². The molecule has 1 aliphatic rings. The molecule has 1 aliphatic heterocycles. The van der Waals surface area contributed by atoms with Crippen molar-refractivity contribution >= 4 is 23.4 Å². The summed E-state index contributed by atoms with van der Waals surface area (Å²) >= 11 is 5.98. The quantitative estimate of drug-likeness (QED) is 0.925. The van der Waals surface area contributed by atoms with Crippen molar-refractivity contribution in [2.24, 2.45) is 5.92 Å². The van der Waals surface area contributed by atoms with Gasteiger partial charge < -0.3 is 10.2 Å². The molecule has 0 saturated carbocycles. The SMILES string of the molecule is CC(C)N(Cc1cccc(Cl)c1)C(=O)C1CNC(=O)C1. The van der Waals surface area contributed by atoms with Crippen LogP contribution >= 0.6 is 11.6 Å². The van der Waals surface area contributed by atoms with Gasteiger partial charge in [0.25, 0.3) is 0 Å². The molecule has 2 rings (SSSR count). The standard InChI is InChI=1S/C15H19ClN2O2/c1-10(2)18(9-11-4-3-5-13(16)6-11)15(20)12-7-14(19)17-8-12/h3-6,10,12H,7-9H2,1-2H3,(H,17,19). The number of amides is 2. The maximum Gasteiger partial charge on any atom is 0.228 e. The summed E-state index contributed by atoms with van der Waals surface area (Å²) < 4.78 is 0. The second kappa shape index (κ2) is 6.27. The van der Waals surface area contributed by atoms with Crippen molar-refractivity contribution in [3.63, 3.8) is 0 Å². The van der Waals surface area contributed by atoms with E-state index in [1.165, 1.54) is 0 Å². The van der Waals surface area contributed by atoms with Gasteiger partial charge in [0.1, 0.15) is 0 Å². The van der Waals surface area contributed by atoms with Crippen molar-refractivity contribution in [2.75, 3.05) is 6.54 Å². The molecule has 1 heterocycles. The van der Waals surface area contributed by atoms with Crippen LogP contribution in [0.3, 0.4) is 0 Å². The summed E-state index contributed by atoms with van der Waals surface area (Å²) in [6.45, 7) is 4.91. The van der Waals surface area contributed by atoms with Gasteiger partial charge in [-0.15, -0.1) is 0 Å². The van der Waals surface area contributed by atoms with Gasteiger partial charge in [-0.25, -0.2) is 0 Å². The molecule has 1 unspecified atom stereocenters. The maximum absolute atomic E-state index is 12.5. The number of hydrogen-bond acceptors (Lipinski definition) is 2. The Labute approximate surface area is 124 Å². The third kappa shape index (κ3) is 3.51. The van der Waals surface area contributed by atoms with Crippen LogP contribution in [0.1, 0.15) is 25.8 Å². The monoisotopic (exact) mass is 294 g/mol. The van der Waals surface area contributed by atoms with Crippen LogP contribution in [0.2, 0.25) is 5.02 Å². The molecule has 108 valence electrons. The first-order chi connectivity index (χ1) is 9.47. The van der Waals surface area contributed by atoms with Gasteiger partial charge >= 0.3 is 0 Å². The highest BCUT2D eigenvalue weighted by Crippen LogP contribution is 2.19. The van der Waals surface area contributed by atoms with E-state index >= 15 is 0 Å². The van der Waals surface area contributed by atoms with Gasteiger partial charge in [-0.2, -0.15) is 0 Å². The zero-order valence-electron chi connectivity index (χ0n) is 11.7. The summed E-state index contributed by atoms with van der Waals surface area (Å²) in [6.07, 6.45) is 0.289. The average Bonchev–Trinajstić information content (AvgIpc) is 2.82. The summed E-state index contributed by atoms with van der Waals surface area (Å²) in [6, 6.07) is 7.58. The molecular weight excluding hydrogens is 276 g/mol. The van der Waals surface area contributed by atoms with Crippen molar-refractivity contribution < 1.29 is 9.59 Å².